The summed E-state index contributed by atoms with van der Waals surface area (Å²) in [4.78, 5) is 11.0. The van der Waals surface area contributed by atoms with E-state index in [2.05, 4.69) is 26.6 Å². The number of ether oxygens (including phenoxy) is 1. The Kier molecular flexibility index (Phi) is 5.39. The number of halogens is 1. The minimum Gasteiger partial charge on any atom is -0.490 e. The first kappa shape index (κ1) is 15.3. The van der Waals surface area contributed by atoms with Gasteiger partial charge in [0.15, 0.2) is 0 Å². The van der Waals surface area contributed by atoms with Crippen LogP contribution in [0, 0.1) is 6.92 Å². The van der Waals surface area contributed by atoms with Gasteiger partial charge in [-0.15, -0.1) is 0 Å². The molecule has 0 aromatic heterocycles. The van der Waals surface area contributed by atoms with Crippen LogP contribution in [0.15, 0.2) is 22.7 Å². The molecule has 2 atom stereocenters. The standard InChI is InChI=1S/C14H19BrN2O3/c1-9-2-3-13(12(15)4-9)20-8-11(18)7-16-10-5-14(19)17-6-10/h2-4,10-11,16,18H,5-8H2,1H3,(H,17,19). The van der Waals surface area contributed by atoms with Gasteiger partial charge in [0.05, 0.1) is 4.47 Å². The summed E-state index contributed by atoms with van der Waals surface area (Å²) in [6.45, 7) is 3.24. The molecule has 0 aliphatic carbocycles. The third-order valence-electron chi connectivity index (χ3n) is 3.14. The number of rotatable bonds is 6. The van der Waals surface area contributed by atoms with Gasteiger partial charge < -0.3 is 20.5 Å². The van der Waals surface area contributed by atoms with E-state index in [1.807, 2.05) is 25.1 Å². The molecule has 0 bridgehead atoms. The molecule has 1 aromatic carbocycles. The molecule has 1 fully saturated rings. The summed E-state index contributed by atoms with van der Waals surface area (Å²) in [5.41, 5.74) is 1.14. The molecule has 5 nitrogen and oxygen atoms in total. The first-order valence-electron chi connectivity index (χ1n) is 6.61. The fourth-order valence-corrected chi connectivity index (χ4v) is 2.63. The number of aliphatic hydroxyl groups is 1. The lowest BCUT2D eigenvalue weighted by molar-refractivity contribution is -0.119. The van der Waals surface area contributed by atoms with Gasteiger partial charge in [-0.25, -0.2) is 0 Å². The van der Waals surface area contributed by atoms with Crippen molar-refractivity contribution in [1.82, 2.24) is 10.6 Å². The smallest absolute Gasteiger partial charge is 0.221 e. The van der Waals surface area contributed by atoms with Gasteiger partial charge in [0.25, 0.3) is 0 Å². The molecule has 1 aromatic rings. The lowest BCUT2D eigenvalue weighted by Gasteiger charge is -2.16. The molecule has 1 aliphatic rings. The van der Waals surface area contributed by atoms with Gasteiger partial charge >= 0.3 is 0 Å². The van der Waals surface area contributed by atoms with Crippen molar-refractivity contribution in [3.8, 4) is 5.75 Å². The number of nitrogens with one attached hydrogen (secondary N) is 2. The van der Waals surface area contributed by atoms with Crippen LogP contribution >= 0.6 is 15.9 Å². The Bertz CT molecular complexity index is 481. The average molecular weight is 343 g/mol. The number of amides is 1. The van der Waals surface area contributed by atoms with Gasteiger partial charge in [-0.05, 0) is 40.5 Å². The summed E-state index contributed by atoms with van der Waals surface area (Å²) in [7, 11) is 0. The van der Waals surface area contributed by atoms with Crippen LogP contribution in [0.4, 0.5) is 0 Å². The molecule has 110 valence electrons. The third kappa shape index (κ3) is 4.47. The highest BCUT2D eigenvalue weighted by Crippen LogP contribution is 2.25. The zero-order chi connectivity index (χ0) is 14.5. The van der Waals surface area contributed by atoms with Crippen LogP contribution in [-0.4, -0.2) is 42.9 Å². The van der Waals surface area contributed by atoms with Crippen molar-refractivity contribution in [3.63, 3.8) is 0 Å². The zero-order valence-electron chi connectivity index (χ0n) is 11.4. The highest BCUT2D eigenvalue weighted by molar-refractivity contribution is 9.10. The van der Waals surface area contributed by atoms with Crippen molar-refractivity contribution in [2.45, 2.75) is 25.5 Å². The van der Waals surface area contributed by atoms with E-state index in [9.17, 15) is 9.90 Å². The van der Waals surface area contributed by atoms with Gasteiger partial charge in [-0.3, -0.25) is 4.79 Å². The molecule has 1 amide bonds. The van der Waals surface area contributed by atoms with E-state index < -0.39 is 6.10 Å². The van der Waals surface area contributed by atoms with Gasteiger partial charge in [-0.2, -0.15) is 0 Å². The fraction of sp³-hybridized carbons (Fsp3) is 0.500. The minimum absolute atomic E-state index is 0.0526. The van der Waals surface area contributed by atoms with Crippen LogP contribution in [0.25, 0.3) is 0 Å². The van der Waals surface area contributed by atoms with E-state index in [1.165, 1.54) is 0 Å². The quantitative estimate of drug-likeness (QED) is 0.720. The number of benzene rings is 1. The molecule has 1 heterocycles. The molecule has 1 saturated heterocycles. The molecule has 20 heavy (non-hydrogen) atoms. The molecule has 2 unspecified atom stereocenters. The second-order valence-electron chi connectivity index (χ2n) is 5.01. The molecule has 0 radical (unpaired) electrons. The first-order chi connectivity index (χ1) is 9.54. The molecule has 0 spiro atoms. The van der Waals surface area contributed by atoms with E-state index in [1.54, 1.807) is 0 Å². The Morgan fingerprint density at radius 3 is 3.05 bits per heavy atom. The number of aryl methyl sites for hydroxylation is 1. The third-order valence-corrected chi connectivity index (χ3v) is 3.76. The first-order valence-corrected chi connectivity index (χ1v) is 7.41. The molecule has 0 saturated carbocycles. The van der Waals surface area contributed by atoms with Crippen molar-refractivity contribution in [2.24, 2.45) is 0 Å². The van der Waals surface area contributed by atoms with Gasteiger partial charge in [0.1, 0.15) is 18.5 Å². The normalized spacial score (nSPS) is 19.8. The minimum atomic E-state index is -0.612. The summed E-state index contributed by atoms with van der Waals surface area (Å²) in [6, 6.07) is 5.90. The predicted octanol–water partition coefficient (Wildman–Crippen LogP) is 0.975. The summed E-state index contributed by atoms with van der Waals surface area (Å²) in [5, 5.41) is 15.8. The molecule has 2 rings (SSSR count). The van der Waals surface area contributed by atoms with E-state index >= 15 is 0 Å². The summed E-state index contributed by atoms with van der Waals surface area (Å²) < 4.78 is 6.45. The van der Waals surface area contributed by atoms with E-state index in [0.29, 0.717) is 25.3 Å². The van der Waals surface area contributed by atoms with Crippen molar-refractivity contribution in [1.29, 1.82) is 0 Å². The number of hydrogen-bond acceptors (Lipinski definition) is 4. The predicted molar refractivity (Wildman–Crippen MR) is 79.8 cm³/mol. The summed E-state index contributed by atoms with van der Waals surface area (Å²) in [5.74, 6) is 0.768. The molecule has 3 N–H and O–H groups in total. The Morgan fingerprint density at radius 1 is 1.60 bits per heavy atom. The van der Waals surface area contributed by atoms with Crippen LogP contribution < -0.4 is 15.4 Å². The van der Waals surface area contributed by atoms with Crippen LogP contribution in [0.1, 0.15) is 12.0 Å². The van der Waals surface area contributed by atoms with E-state index in [0.717, 1.165) is 10.0 Å². The topological polar surface area (TPSA) is 70.6 Å². The second kappa shape index (κ2) is 7.06. The Balaban J connectivity index is 1.72. The number of hydrogen-bond donors (Lipinski definition) is 3. The maximum Gasteiger partial charge on any atom is 0.221 e. The largest absolute Gasteiger partial charge is 0.490 e. The number of aliphatic hydroxyl groups excluding tert-OH is 1. The number of carbonyl (C=O) groups excluding carboxylic acids is 1. The SMILES string of the molecule is Cc1ccc(OCC(O)CNC2CNC(=O)C2)c(Br)c1. The second-order valence-corrected chi connectivity index (χ2v) is 5.87. The maximum atomic E-state index is 11.0. The Hall–Kier alpha value is -1.11. The van der Waals surface area contributed by atoms with Crippen molar-refractivity contribution in [2.75, 3.05) is 19.7 Å². The monoisotopic (exact) mass is 342 g/mol. The van der Waals surface area contributed by atoms with Gasteiger partial charge in [0.2, 0.25) is 5.91 Å². The summed E-state index contributed by atoms with van der Waals surface area (Å²) in [6.07, 6.45) is -0.143. The molecule has 1 aliphatic heterocycles. The van der Waals surface area contributed by atoms with Crippen LogP contribution in [-0.2, 0) is 4.79 Å². The molecular formula is C14H19BrN2O3. The Labute approximate surface area is 126 Å². The van der Waals surface area contributed by atoms with Crippen LogP contribution in [0.2, 0.25) is 0 Å². The van der Waals surface area contributed by atoms with E-state index in [-0.39, 0.29) is 18.6 Å². The summed E-state index contributed by atoms with van der Waals surface area (Å²) >= 11 is 3.43. The highest BCUT2D eigenvalue weighted by Gasteiger charge is 2.21. The van der Waals surface area contributed by atoms with Crippen molar-refractivity contribution >= 4 is 21.8 Å². The van der Waals surface area contributed by atoms with Crippen LogP contribution in [0.5, 0.6) is 5.75 Å². The lowest BCUT2D eigenvalue weighted by Crippen LogP contribution is -2.39. The van der Waals surface area contributed by atoms with Gasteiger partial charge in [0, 0.05) is 25.6 Å². The molecular weight excluding hydrogens is 324 g/mol. The Morgan fingerprint density at radius 2 is 2.40 bits per heavy atom. The van der Waals surface area contributed by atoms with E-state index in [4.69, 9.17) is 4.74 Å². The maximum absolute atomic E-state index is 11.0. The van der Waals surface area contributed by atoms with Gasteiger partial charge in [-0.1, -0.05) is 6.07 Å². The zero-order valence-corrected chi connectivity index (χ0v) is 12.9. The van der Waals surface area contributed by atoms with Crippen LogP contribution in [0.3, 0.4) is 0 Å². The number of carbonyl (C=O) groups is 1. The molecule has 6 heteroatoms. The fourth-order valence-electron chi connectivity index (χ4n) is 2.02. The highest BCUT2D eigenvalue weighted by atomic mass is 79.9. The average Bonchev–Trinajstić information content (AvgIpc) is 2.81. The van der Waals surface area contributed by atoms with Crippen molar-refractivity contribution in [3.05, 3.63) is 28.2 Å². The van der Waals surface area contributed by atoms with Crippen molar-refractivity contribution < 1.29 is 14.6 Å². The lowest BCUT2D eigenvalue weighted by atomic mass is 10.2.